The maximum absolute atomic E-state index is 12.8. The van der Waals surface area contributed by atoms with Crippen molar-refractivity contribution in [2.24, 2.45) is 46.3 Å². The average Bonchev–Trinajstić information content (AvgIpc) is 3.33. The van der Waals surface area contributed by atoms with Crippen LogP contribution in [-0.4, -0.2) is 26.3 Å². The first-order chi connectivity index (χ1) is 20.1. The largest absolute Gasteiger partial charge is 0.493 e. The Hall–Kier alpha value is -2.23. The second kappa shape index (κ2) is 12.8. The summed E-state index contributed by atoms with van der Waals surface area (Å²) >= 11 is 0. The molecule has 3 fully saturated rings. The number of hydrogen-bond acceptors (Lipinski definition) is 4. The molecule has 42 heavy (non-hydrogen) atoms. The van der Waals surface area contributed by atoms with Gasteiger partial charge in [0.1, 0.15) is 6.10 Å². The molecule has 3 saturated carbocycles. The van der Waals surface area contributed by atoms with Crippen LogP contribution < -0.4 is 9.47 Å². The van der Waals surface area contributed by atoms with Gasteiger partial charge in [-0.2, -0.15) is 0 Å². The molecular formula is C38H56O4. The van der Waals surface area contributed by atoms with Gasteiger partial charge in [0.15, 0.2) is 11.5 Å². The first-order valence-corrected chi connectivity index (χ1v) is 16.9. The Morgan fingerprint density at radius 2 is 1.76 bits per heavy atom. The number of carbonyl (C=O) groups excluding carboxylic acids is 1. The lowest BCUT2D eigenvalue weighted by Gasteiger charge is -2.58. The van der Waals surface area contributed by atoms with E-state index in [1.807, 2.05) is 18.2 Å². The Bertz CT molecular complexity index is 1170. The number of rotatable bonds is 10. The van der Waals surface area contributed by atoms with Crippen molar-refractivity contribution in [3.8, 4) is 11.5 Å². The van der Waals surface area contributed by atoms with Crippen molar-refractivity contribution in [2.45, 2.75) is 111 Å². The van der Waals surface area contributed by atoms with E-state index in [0.29, 0.717) is 16.9 Å². The molecule has 8 atom stereocenters. The van der Waals surface area contributed by atoms with E-state index in [1.165, 1.54) is 51.4 Å². The van der Waals surface area contributed by atoms with Crippen molar-refractivity contribution in [1.29, 1.82) is 0 Å². The lowest BCUT2D eigenvalue weighted by atomic mass is 9.47. The number of benzene rings is 1. The van der Waals surface area contributed by atoms with Crippen molar-refractivity contribution in [2.75, 3.05) is 14.2 Å². The third-order valence-electron chi connectivity index (χ3n) is 12.4. The summed E-state index contributed by atoms with van der Waals surface area (Å²) in [7, 11) is 3.24. The molecule has 1 aromatic carbocycles. The lowest BCUT2D eigenvalue weighted by Crippen LogP contribution is -2.51. The van der Waals surface area contributed by atoms with Gasteiger partial charge < -0.3 is 14.2 Å². The number of carbonyl (C=O) groups is 1. The van der Waals surface area contributed by atoms with Gasteiger partial charge in [0.05, 0.1) is 14.2 Å². The standard InChI is InChI=1S/C38H56O4/c1-25(2)9-8-10-26(3)31-15-16-32-30-14-13-28-24-29(19-21-37(28,4)33(30)20-22-38(31,32)5)42-36(39)18-12-27-11-17-34(40-6)35(23-27)41-7/h11-13,17-18,23,25-26,29-33H,8-10,14-16,19-22,24H2,1-7H3/b18-12+/t26-,29+,30+,31-,32-,33+,37+,38-/m1/s1. The summed E-state index contributed by atoms with van der Waals surface area (Å²) in [5, 5.41) is 0. The van der Waals surface area contributed by atoms with E-state index in [2.05, 4.69) is 40.7 Å². The minimum Gasteiger partial charge on any atom is -0.493 e. The van der Waals surface area contributed by atoms with E-state index >= 15 is 0 Å². The summed E-state index contributed by atoms with van der Waals surface area (Å²) in [5.74, 6) is 6.12. The van der Waals surface area contributed by atoms with Gasteiger partial charge in [0.2, 0.25) is 0 Å². The van der Waals surface area contributed by atoms with Crippen molar-refractivity contribution in [3.05, 3.63) is 41.5 Å². The minimum absolute atomic E-state index is 0.0279. The van der Waals surface area contributed by atoms with Gasteiger partial charge in [-0.1, -0.05) is 71.6 Å². The van der Waals surface area contributed by atoms with E-state index < -0.39 is 0 Å². The summed E-state index contributed by atoms with van der Waals surface area (Å²) in [6, 6.07) is 5.63. The molecule has 0 aliphatic heterocycles. The van der Waals surface area contributed by atoms with E-state index in [1.54, 1.807) is 31.9 Å². The summed E-state index contributed by atoms with van der Waals surface area (Å²) in [5.41, 5.74) is 3.23. The molecule has 0 aromatic heterocycles. The normalized spacial score (nSPS) is 34.8. The van der Waals surface area contributed by atoms with Crippen molar-refractivity contribution < 1.29 is 19.0 Å². The molecule has 4 heteroatoms. The molecule has 0 bridgehead atoms. The summed E-state index contributed by atoms with van der Waals surface area (Å²) in [4.78, 5) is 12.8. The van der Waals surface area contributed by atoms with Crippen LogP contribution in [0.1, 0.15) is 111 Å². The number of ether oxygens (including phenoxy) is 3. The molecule has 0 saturated heterocycles. The monoisotopic (exact) mass is 576 g/mol. The van der Waals surface area contributed by atoms with Crippen LogP contribution in [0.2, 0.25) is 0 Å². The fourth-order valence-corrected chi connectivity index (χ4v) is 10.1. The van der Waals surface area contributed by atoms with Gasteiger partial charge in [-0.15, -0.1) is 0 Å². The predicted octanol–water partition coefficient (Wildman–Crippen LogP) is 9.67. The Morgan fingerprint density at radius 1 is 0.976 bits per heavy atom. The quantitative estimate of drug-likeness (QED) is 0.158. The van der Waals surface area contributed by atoms with Gasteiger partial charge >= 0.3 is 5.97 Å². The zero-order valence-electron chi connectivity index (χ0n) is 27.4. The van der Waals surface area contributed by atoms with Crippen molar-refractivity contribution in [3.63, 3.8) is 0 Å². The van der Waals surface area contributed by atoms with Crippen LogP contribution in [-0.2, 0) is 9.53 Å². The summed E-state index contributed by atoms with van der Waals surface area (Å²) in [6.45, 7) is 12.5. The van der Waals surface area contributed by atoms with Gasteiger partial charge in [-0.25, -0.2) is 4.79 Å². The third-order valence-corrected chi connectivity index (χ3v) is 12.4. The molecule has 0 spiro atoms. The van der Waals surface area contributed by atoms with Crippen LogP contribution >= 0.6 is 0 Å². The number of methoxy groups -OCH3 is 2. The highest BCUT2D eigenvalue weighted by Crippen LogP contribution is 2.67. The van der Waals surface area contributed by atoms with Gasteiger partial charge in [-0.3, -0.25) is 0 Å². The van der Waals surface area contributed by atoms with Gasteiger partial charge in [0, 0.05) is 12.5 Å². The van der Waals surface area contributed by atoms with Crippen LogP contribution in [0.5, 0.6) is 11.5 Å². The Kier molecular flexibility index (Phi) is 9.50. The Balaban J connectivity index is 1.20. The van der Waals surface area contributed by atoms with Crippen molar-refractivity contribution in [1.82, 2.24) is 0 Å². The smallest absolute Gasteiger partial charge is 0.331 e. The lowest BCUT2D eigenvalue weighted by molar-refractivity contribution is -0.145. The molecule has 0 heterocycles. The molecule has 232 valence electrons. The topological polar surface area (TPSA) is 44.8 Å². The van der Waals surface area contributed by atoms with Gasteiger partial charge in [-0.05, 0) is 115 Å². The highest BCUT2D eigenvalue weighted by molar-refractivity contribution is 5.87. The average molecular weight is 577 g/mol. The van der Waals surface area contributed by atoms with E-state index in [-0.39, 0.29) is 17.5 Å². The van der Waals surface area contributed by atoms with Crippen LogP contribution in [0.3, 0.4) is 0 Å². The highest BCUT2D eigenvalue weighted by Gasteiger charge is 2.59. The molecule has 5 rings (SSSR count). The maximum atomic E-state index is 12.8. The fourth-order valence-electron chi connectivity index (χ4n) is 10.1. The number of fused-ring (bicyclic) bond motifs is 5. The number of hydrogen-bond donors (Lipinski definition) is 0. The molecular weight excluding hydrogens is 520 g/mol. The molecule has 1 aromatic rings. The SMILES string of the molecule is COc1ccc(/C=C/C(=O)O[C@H]2CC[C@@]3(C)C(=CC[C@H]4[C@H]5CC[C@H]([C@H](C)CCCC(C)C)[C@@]5(C)CC[C@@H]43)C2)cc1OC. The molecule has 4 aliphatic carbocycles. The van der Waals surface area contributed by atoms with Crippen LogP contribution in [0.4, 0.5) is 0 Å². The zero-order valence-corrected chi connectivity index (χ0v) is 27.4. The van der Waals surface area contributed by atoms with E-state index in [4.69, 9.17) is 14.2 Å². The van der Waals surface area contributed by atoms with Gasteiger partial charge in [0.25, 0.3) is 0 Å². The zero-order chi connectivity index (χ0) is 30.1. The molecule has 0 N–H and O–H groups in total. The maximum Gasteiger partial charge on any atom is 0.331 e. The first-order valence-electron chi connectivity index (χ1n) is 16.9. The Morgan fingerprint density at radius 3 is 2.50 bits per heavy atom. The van der Waals surface area contributed by atoms with E-state index in [9.17, 15) is 4.79 Å². The summed E-state index contributed by atoms with van der Waals surface area (Å²) < 4.78 is 16.7. The molecule has 4 nitrogen and oxygen atoms in total. The second-order valence-electron chi connectivity index (χ2n) is 15.0. The highest BCUT2D eigenvalue weighted by atomic mass is 16.5. The second-order valence-corrected chi connectivity index (χ2v) is 15.0. The predicted molar refractivity (Wildman–Crippen MR) is 172 cm³/mol. The fraction of sp³-hybridized carbons (Fsp3) is 0.711. The first kappa shape index (κ1) is 31.2. The Labute approximate surface area is 255 Å². The van der Waals surface area contributed by atoms with Crippen molar-refractivity contribution >= 4 is 12.0 Å². The molecule has 0 radical (unpaired) electrons. The molecule has 0 amide bonds. The van der Waals surface area contributed by atoms with E-state index in [0.717, 1.165) is 60.3 Å². The summed E-state index contributed by atoms with van der Waals surface area (Å²) in [6.07, 6.45) is 19.9. The number of esters is 1. The third kappa shape index (κ3) is 6.06. The van der Waals surface area contributed by atoms with Crippen LogP contribution in [0, 0.1) is 46.3 Å². The van der Waals surface area contributed by atoms with Crippen LogP contribution in [0.25, 0.3) is 6.08 Å². The minimum atomic E-state index is -0.263. The van der Waals surface area contributed by atoms with Crippen LogP contribution in [0.15, 0.2) is 35.9 Å². The molecule has 0 unspecified atom stereocenters. The molecule has 4 aliphatic rings. The number of allylic oxidation sites excluding steroid dienone is 1.